The molecule has 0 bridgehead atoms. The highest BCUT2D eigenvalue weighted by Gasteiger charge is 2.18. The van der Waals surface area contributed by atoms with Gasteiger partial charge in [0.1, 0.15) is 0 Å². The average molecular weight is 342 g/mol. The van der Waals surface area contributed by atoms with E-state index in [2.05, 4.69) is 25.2 Å². The molecule has 24 heavy (non-hydrogen) atoms. The summed E-state index contributed by atoms with van der Waals surface area (Å²) in [5.41, 5.74) is 1.66. The minimum Gasteiger partial charge on any atom is -0.450 e. The monoisotopic (exact) mass is 342 g/mol. The maximum absolute atomic E-state index is 12.1. The van der Waals surface area contributed by atoms with Gasteiger partial charge in [0.25, 0.3) is 17.5 Å². The molecule has 0 spiro atoms. The zero-order chi connectivity index (χ0) is 16.5. The number of fused-ring (bicyclic) bond motifs is 1. The van der Waals surface area contributed by atoms with E-state index in [9.17, 15) is 4.79 Å². The number of hydrogen-bond acceptors (Lipinski definition) is 9. The lowest BCUT2D eigenvalue weighted by Crippen LogP contribution is -2.08. The Kier molecular flexibility index (Phi) is 3.50. The predicted octanol–water partition coefficient (Wildman–Crippen LogP) is 1.90. The molecule has 0 N–H and O–H groups in total. The highest BCUT2D eigenvalue weighted by molar-refractivity contribution is 7.08. The van der Waals surface area contributed by atoms with E-state index in [1.807, 2.05) is 23.8 Å². The van der Waals surface area contributed by atoms with Crippen molar-refractivity contribution in [2.75, 3.05) is 0 Å². The van der Waals surface area contributed by atoms with Gasteiger partial charge >= 0.3 is 5.97 Å². The van der Waals surface area contributed by atoms with E-state index in [0.717, 1.165) is 11.3 Å². The quantitative estimate of drug-likeness (QED) is 0.517. The lowest BCUT2D eigenvalue weighted by atomic mass is 10.3. The molecule has 0 unspecified atom stereocenters. The van der Waals surface area contributed by atoms with E-state index >= 15 is 0 Å². The van der Waals surface area contributed by atoms with Gasteiger partial charge in [-0.25, -0.2) is 14.3 Å². The third-order valence-corrected chi connectivity index (χ3v) is 3.87. The SMILES string of the molecule is Cc1ccnc2nc(C(=O)OCc3nc(-c4ccsc4)no3)nn12. The number of hydrogen-bond donors (Lipinski definition) is 0. The number of nitrogens with zero attached hydrogens (tertiary/aromatic N) is 6. The van der Waals surface area contributed by atoms with Crippen LogP contribution in [0.25, 0.3) is 17.2 Å². The van der Waals surface area contributed by atoms with E-state index in [1.165, 1.54) is 15.9 Å². The second-order valence-electron chi connectivity index (χ2n) is 4.83. The molecule has 0 saturated carbocycles. The molecular formula is C14H10N6O3S. The van der Waals surface area contributed by atoms with Crippen molar-refractivity contribution in [2.45, 2.75) is 13.5 Å². The van der Waals surface area contributed by atoms with Gasteiger partial charge in [0.15, 0.2) is 6.61 Å². The Morgan fingerprint density at radius 3 is 3.08 bits per heavy atom. The summed E-state index contributed by atoms with van der Waals surface area (Å²) in [4.78, 5) is 24.3. The van der Waals surface area contributed by atoms with Gasteiger partial charge in [0, 0.05) is 22.8 Å². The van der Waals surface area contributed by atoms with Gasteiger partial charge in [-0.2, -0.15) is 21.3 Å². The van der Waals surface area contributed by atoms with Gasteiger partial charge in [0.2, 0.25) is 5.82 Å². The molecule has 0 aliphatic carbocycles. The number of thiophene rings is 1. The van der Waals surface area contributed by atoms with Crippen LogP contribution in [0.3, 0.4) is 0 Å². The van der Waals surface area contributed by atoms with E-state index < -0.39 is 5.97 Å². The smallest absolute Gasteiger partial charge is 0.378 e. The molecule has 4 aromatic heterocycles. The summed E-state index contributed by atoms with van der Waals surface area (Å²) in [6, 6.07) is 3.64. The number of aryl methyl sites for hydroxylation is 1. The number of aromatic nitrogens is 6. The summed E-state index contributed by atoms with van der Waals surface area (Å²) >= 11 is 1.53. The topological polar surface area (TPSA) is 108 Å². The number of carbonyl (C=O) groups excluding carboxylic acids is 1. The lowest BCUT2D eigenvalue weighted by Gasteiger charge is -1.96. The summed E-state index contributed by atoms with van der Waals surface area (Å²) in [6.45, 7) is 1.68. The van der Waals surface area contributed by atoms with Gasteiger partial charge in [0.05, 0.1) is 0 Å². The molecule has 4 heterocycles. The van der Waals surface area contributed by atoms with E-state index in [4.69, 9.17) is 9.26 Å². The normalized spacial score (nSPS) is 11.0. The summed E-state index contributed by atoms with van der Waals surface area (Å²) in [5, 5.41) is 11.7. The first kappa shape index (κ1) is 14.5. The first-order valence-electron chi connectivity index (χ1n) is 6.91. The molecule has 0 amide bonds. The standard InChI is InChI=1S/C14H10N6O3S/c1-8-2-4-15-14-17-12(18-20(8)14)13(21)22-6-10-16-11(19-23-10)9-3-5-24-7-9/h2-5,7H,6H2,1H3. The number of rotatable bonds is 4. The van der Waals surface area contributed by atoms with Crippen molar-refractivity contribution in [1.82, 2.24) is 29.7 Å². The first-order valence-corrected chi connectivity index (χ1v) is 7.85. The molecule has 10 heteroatoms. The van der Waals surface area contributed by atoms with Crippen LogP contribution in [0.15, 0.2) is 33.6 Å². The van der Waals surface area contributed by atoms with Gasteiger partial charge in [-0.1, -0.05) is 5.16 Å². The number of carbonyl (C=O) groups is 1. The predicted molar refractivity (Wildman–Crippen MR) is 82.2 cm³/mol. The minimum absolute atomic E-state index is 0.0747. The zero-order valence-corrected chi connectivity index (χ0v) is 13.2. The van der Waals surface area contributed by atoms with Crippen LogP contribution in [0.2, 0.25) is 0 Å². The maximum Gasteiger partial charge on any atom is 0.378 e. The highest BCUT2D eigenvalue weighted by atomic mass is 32.1. The molecule has 9 nitrogen and oxygen atoms in total. The maximum atomic E-state index is 12.1. The summed E-state index contributed by atoms with van der Waals surface area (Å²) in [5.74, 6) is 0.222. The Morgan fingerprint density at radius 1 is 1.38 bits per heavy atom. The fourth-order valence-corrected chi connectivity index (χ4v) is 2.64. The second kappa shape index (κ2) is 5.81. The van der Waals surface area contributed by atoms with Crippen LogP contribution in [-0.4, -0.2) is 35.7 Å². The highest BCUT2D eigenvalue weighted by Crippen LogP contribution is 2.18. The summed E-state index contributed by atoms with van der Waals surface area (Å²) in [6.07, 6.45) is 1.60. The van der Waals surface area contributed by atoms with Crippen molar-refractivity contribution in [1.29, 1.82) is 0 Å². The van der Waals surface area contributed by atoms with Crippen LogP contribution in [-0.2, 0) is 11.3 Å². The molecule has 0 radical (unpaired) electrons. The third kappa shape index (κ3) is 2.63. The Labute approximate surface area is 138 Å². The Bertz CT molecular complexity index is 1010. The molecule has 4 rings (SSSR count). The Hall–Kier alpha value is -3.14. The van der Waals surface area contributed by atoms with Gasteiger partial charge < -0.3 is 9.26 Å². The summed E-state index contributed by atoms with van der Waals surface area (Å²) < 4.78 is 11.6. The van der Waals surface area contributed by atoms with Crippen molar-refractivity contribution >= 4 is 23.1 Å². The van der Waals surface area contributed by atoms with Crippen LogP contribution in [0.4, 0.5) is 0 Å². The van der Waals surface area contributed by atoms with Crippen molar-refractivity contribution < 1.29 is 14.1 Å². The second-order valence-corrected chi connectivity index (χ2v) is 5.61. The first-order chi connectivity index (χ1) is 11.7. The zero-order valence-electron chi connectivity index (χ0n) is 12.4. The fraction of sp³-hybridized carbons (Fsp3) is 0.143. The van der Waals surface area contributed by atoms with Crippen LogP contribution in [0.5, 0.6) is 0 Å². The van der Waals surface area contributed by atoms with Gasteiger partial charge in [-0.3, -0.25) is 0 Å². The summed E-state index contributed by atoms with van der Waals surface area (Å²) in [7, 11) is 0. The Balaban J connectivity index is 1.47. The molecule has 0 aliphatic rings. The minimum atomic E-state index is -0.685. The van der Waals surface area contributed by atoms with Crippen molar-refractivity contribution in [3.8, 4) is 11.4 Å². The van der Waals surface area contributed by atoms with Gasteiger partial charge in [-0.05, 0) is 24.4 Å². The Morgan fingerprint density at radius 2 is 2.29 bits per heavy atom. The van der Waals surface area contributed by atoms with Crippen LogP contribution >= 0.6 is 11.3 Å². The number of ether oxygens (including phenoxy) is 1. The molecule has 4 aromatic rings. The van der Waals surface area contributed by atoms with Crippen LogP contribution in [0.1, 0.15) is 22.2 Å². The van der Waals surface area contributed by atoms with E-state index in [-0.39, 0.29) is 18.3 Å². The molecule has 0 atom stereocenters. The fourth-order valence-electron chi connectivity index (χ4n) is 2.01. The molecule has 0 fully saturated rings. The molecule has 0 saturated heterocycles. The number of esters is 1. The van der Waals surface area contributed by atoms with Crippen LogP contribution in [0, 0.1) is 6.92 Å². The van der Waals surface area contributed by atoms with Crippen LogP contribution < -0.4 is 0 Å². The third-order valence-electron chi connectivity index (χ3n) is 3.19. The van der Waals surface area contributed by atoms with Crippen molar-refractivity contribution in [2.24, 2.45) is 0 Å². The largest absolute Gasteiger partial charge is 0.450 e. The van der Waals surface area contributed by atoms with E-state index in [1.54, 1.807) is 12.3 Å². The van der Waals surface area contributed by atoms with Gasteiger partial charge in [-0.15, -0.1) is 5.10 Å². The molecule has 120 valence electrons. The van der Waals surface area contributed by atoms with Crippen molar-refractivity contribution in [3.05, 3.63) is 46.5 Å². The van der Waals surface area contributed by atoms with Crippen molar-refractivity contribution in [3.63, 3.8) is 0 Å². The molecule has 0 aromatic carbocycles. The molecular weight excluding hydrogens is 332 g/mol. The van der Waals surface area contributed by atoms with E-state index in [0.29, 0.717) is 11.6 Å². The lowest BCUT2D eigenvalue weighted by molar-refractivity contribution is 0.0415. The molecule has 0 aliphatic heterocycles. The average Bonchev–Trinajstić information content (AvgIpc) is 3.31.